The maximum Gasteiger partial charge on any atom is 0.325 e. The fraction of sp³-hybridized carbons (Fsp3) is 0.105. The molecule has 11 heteroatoms. The molecule has 0 atom stereocenters. The van der Waals surface area contributed by atoms with E-state index in [4.69, 9.17) is 21.4 Å². The topological polar surface area (TPSA) is 137 Å². The number of nitrogens with zero attached hydrogens (tertiary/aromatic N) is 3. The zero-order valence-electron chi connectivity index (χ0n) is 15.5. The highest BCUT2D eigenvalue weighted by atomic mass is 35.5. The van der Waals surface area contributed by atoms with E-state index in [0.717, 1.165) is 10.2 Å². The summed E-state index contributed by atoms with van der Waals surface area (Å²) in [6, 6.07) is 10.1. The number of hydrogen-bond acceptors (Lipinski definition) is 6. The summed E-state index contributed by atoms with van der Waals surface area (Å²) in [5.41, 5.74) is 0.552. The minimum atomic E-state index is -1.11. The van der Waals surface area contributed by atoms with E-state index < -0.39 is 23.3 Å². The number of nitro benzene ring substituents is 1. The third-order valence-electron chi connectivity index (χ3n) is 3.90. The summed E-state index contributed by atoms with van der Waals surface area (Å²) in [7, 11) is 0. The molecule has 0 aliphatic heterocycles. The lowest BCUT2D eigenvalue weighted by Crippen LogP contribution is -2.15. The van der Waals surface area contributed by atoms with Crippen LogP contribution in [0.3, 0.4) is 0 Å². The maximum atomic E-state index is 12.4. The predicted molar refractivity (Wildman–Crippen MR) is 107 cm³/mol. The number of benzene rings is 2. The van der Waals surface area contributed by atoms with E-state index >= 15 is 0 Å². The van der Waals surface area contributed by atoms with Gasteiger partial charge in [0, 0.05) is 23.4 Å². The monoisotopic (exact) mass is 430 g/mol. The van der Waals surface area contributed by atoms with Crippen molar-refractivity contribution >= 4 is 34.9 Å². The number of carboxylic acid groups (broad SMARTS) is 1. The number of aliphatic carboxylic acids is 1. The Bertz CT molecular complexity index is 1140. The van der Waals surface area contributed by atoms with Crippen LogP contribution in [0.25, 0.3) is 0 Å². The number of non-ortho nitro benzene ring substituents is 1. The van der Waals surface area contributed by atoms with E-state index in [0.29, 0.717) is 10.8 Å². The number of carbonyl (C=O) groups excluding carboxylic acids is 1. The molecule has 30 heavy (non-hydrogen) atoms. The number of ether oxygens (including phenoxy) is 1. The number of amides is 1. The smallest absolute Gasteiger partial charge is 0.325 e. The molecule has 2 N–H and O–H groups in total. The van der Waals surface area contributed by atoms with Crippen LogP contribution in [-0.2, 0) is 11.3 Å². The summed E-state index contributed by atoms with van der Waals surface area (Å²) in [4.78, 5) is 33.8. The number of halogens is 1. The summed E-state index contributed by atoms with van der Waals surface area (Å²) in [5.74, 6) is -1.21. The number of aryl methyl sites for hydroxylation is 1. The molecular formula is C19H15ClN4O6. The van der Waals surface area contributed by atoms with Crippen molar-refractivity contribution in [3.63, 3.8) is 0 Å². The second kappa shape index (κ2) is 8.62. The number of carbonyl (C=O) groups is 2. The van der Waals surface area contributed by atoms with Gasteiger partial charge in [0.05, 0.1) is 16.7 Å². The number of carboxylic acids is 1. The highest BCUT2D eigenvalue weighted by molar-refractivity contribution is 6.31. The molecule has 1 aromatic heterocycles. The second-order valence-corrected chi connectivity index (χ2v) is 6.64. The van der Waals surface area contributed by atoms with E-state index in [1.165, 1.54) is 30.5 Å². The van der Waals surface area contributed by atoms with Gasteiger partial charge in [0.1, 0.15) is 18.0 Å². The molecular weight excluding hydrogens is 416 g/mol. The van der Waals surface area contributed by atoms with Crippen molar-refractivity contribution in [2.24, 2.45) is 0 Å². The quantitative estimate of drug-likeness (QED) is 0.428. The van der Waals surface area contributed by atoms with Crippen LogP contribution in [0.1, 0.15) is 16.1 Å². The van der Waals surface area contributed by atoms with E-state index in [1.54, 1.807) is 25.1 Å². The van der Waals surface area contributed by atoms with Crippen LogP contribution < -0.4 is 10.1 Å². The molecule has 0 bridgehead atoms. The average molecular weight is 431 g/mol. The first-order valence-electron chi connectivity index (χ1n) is 8.51. The molecule has 0 saturated carbocycles. The van der Waals surface area contributed by atoms with Crippen molar-refractivity contribution in [3.05, 3.63) is 75.1 Å². The summed E-state index contributed by atoms with van der Waals surface area (Å²) in [6.45, 7) is 1.39. The van der Waals surface area contributed by atoms with Crippen molar-refractivity contribution in [2.75, 3.05) is 5.32 Å². The largest absolute Gasteiger partial charge is 0.480 e. The third kappa shape index (κ3) is 5.11. The Hall–Kier alpha value is -3.92. The van der Waals surface area contributed by atoms with Crippen molar-refractivity contribution in [1.29, 1.82) is 0 Å². The van der Waals surface area contributed by atoms with Gasteiger partial charge >= 0.3 is 5.97 Å². The Labute approximate surface area is 174 Å². The standard InChI is InChI=1S/C19H15ClN4O6/c1-11-6-14(2-3-16(11)20)30-15-8-12(7-13(9-15)24(28)29)21-19(27)17-4-5-23(22-17)10-18(25)26/h2-9H,10H2,1H3,(H,21,27)(H,25,26). The number of rotatable bonds is 7. The second-order valence-electron chi connectivity index (χ2n) is 6.23. The first-order chi connectivity index (χ1) is 14.2. The molecule has 0 saturated heterocycles. The molecule has 3 aromatic rings. The summed E-state index contributed by atoms with van der Waals surface area (Å²) in [6.07, 6.45) is 1.34. The number of nitro groups is 1. The average Bonchev–Trinajstić information content (AvgIpc) is 3.12. The van der Waals surface area contributed by atoms with Crippen molar-refractivity contribution in [1.82, 2.24) is 9.78 Å². The third-order valence-corrected chi connectivity index (χ3v) is 4.32. The van der Waals surface area contributed by atoms with Crippen LogP contribution >= 0.6 is 11.6 Å². The van der Waals surface area contributed by atoms with Gasteiger partial charge in [-0.25, -0.2) is 0 Å². The molecule has 10 nitrogen and oxygen atoms in total. The van der Waals surface area contributed by atoms with Crippen LogP contribution in [0.15, 0.2) is 48.7 Å². The SMILES string of the molecule is Cc1cc(Oc2cc(NC(=O)c3ccn(CC(=O)O)n3)cc([N+](=O)[O-])c2)ccc1Cl. The van der Waals surface area contributed by atoms with Gasteiger partial charge in [-0.05, 0) is 36.8 Å². The van der Waals surface area contributed by atoms with E-state index in [1.807, 2.05) is 0 Å². The molecule has 0 aliphatic carbocycles. The number of nitrogens with one attached hydrogen (secondary N) is 1. The summed E-state index contributed by atoms with van der Waals surface area (Å²) in [5, 5.41) is 26.9. The number of hydrogen-bond donors (Lipinski definition) is 2. The molecule has 1 heterocycles. The fourth-order valence-electron chi connectivity index (χ4n) is 2.54. The van der Waals surface area contributed by atoms with Crippen LogP contribution in [0.5, 0.6) is 11.5 Å². The van der Waals surface area contributed by atoms with Gasteiger partial charge in [0.2, 0.25) is 0 Å². The van der Waals surface area contributed by atoms with Crippen LogP contribution in [0.2, 0.25) is 5.02 Å². The predicted octanol–water partition coefficient (Wildman–Crippen LogP) is 3.88. The summed E-state index contributed by atoms with van der Waals surface area (Å²) < 4.78 is 6.77. The first-order valence-corrected chi connectivity index (χ1v) is 8.89. The Morgan fingerprint density at radius 2 is 2.00 bits per heavy atom. The normalized spacial score (nSPS) is 10.5. The molecule has 3 rings (SSSR count). The lowest BCUT2D eigenvalue weighted by Gasteiger charge is -2.10. The lowest BCUT2D eigenvalue weighted by atomic mass is 10.2. The van der Waals surface area contributed by atoms with Crippen molar-refractivity contribution in [2.45, 2.75) is 13.5 Å². The Morgan fingerprint density at radius 1 is 1.23 bits per heavy atom. The zero-order chi connectivity index (χ0) is 21.8. The lowest BCUT2D eigenvalue weighted by molar-refractivity contribution is -0.384. The van der Waals surface area contributed by atoms with Crippen LogP contribution in [0.4, 0.5) is 11.4 Å². The van der Waals surface area contributed by atoms with E-state index in [9.17, 15) is 19.7 Å². The highest BCUT2D eigenvalue weighted by Gasteiger charge is 2.16. The minimum Gasteiger partial charge on any atom is -0.480 e. The molecule has 0 aliphatic rings. The van der Waals surface area contributed by atoms with Crippen molar-refractivity contribution in [3.8, 4) is 11.5 Å². The Kier molecular flexibility index (Phi) is 5.98. The van der Waals surface area contributed by atoms with Gasteiger partial charge in [-0.1, -0.05) is 11.6 Å². The van der Waals surface area contributed by atoms with Crippen molar-refractivity contribution < 1.29 is 24.4 Å². The number of aromatic nitrogens is 2. The molecule has 0 spiro atoms. The fourth-order valence-corrected chi connectivity index (χ4v) is 2.66. The van der Waals surface area contributed by atoms with Gasteiger partial charge < -0.3 is 15.2 Å². The molecule has 0 unspecified atom stereocenters. The molecule has 154 valence electrons. The Morgan fingerprint density at radius 3 is 2.67 bits per heavy atom. The van der Waals surface area contributed by atoms with Crippen LogP contribution in [0, 0.1) is 17.0 Å². The van der Waals surface area contributed by atoms with Gasteiger partial charge in [-0.2, -0.15) is 5.10 Å². The van der Waals surface area contributed by atoms with Gasteiger partial charge in [-0.3, -0.25) is 24.4 Å². The maximum absolute atomic E-state index is 12.4. The minimum absolute atomic E-state index is 0.0430. The molecule has 0 fully saturated rings. The van der Waals surface area contributed by atoms with Gasteiger partial charge in [0.15, 0.2) is 5.69 Å². The first kappa shape index (κ1) is 20.8. The Balaban J connectivity index is 1.84. The highest BCUT2D eigenvalue weighted by Crippen LogP contribution is 2.31. The van der Waals surface area contributed by atoms with Gasteiger partial charge in [-0.15, -0.1) is 0 Å². The number of anilines is 1. The molecule has 1 amide bonds. The summed E-state index contributed by atoms with van der Waals surface area (Å²) >= 11 is 5.99. The van der Waals surface area contributed by atoms with Crippen LogP contribution in [-0.4, -0.2) is 31.7 Å². The molecule has 2 aromatic carbocycles. The van der Waals surface area contributed by atoms with E-state index in [-0.39, 0.29) is 22.8 Å². The van der Waals surface area contributed by atoms with E-state index in [2.05, 4.69) is 10.4 Å². The zero-order valence-corrected chi connectivity index (χ0v) is 16.3. The molecule has 0 radical (unpaired) electrons. The van der Waals surface area contributed by atoms with Gasteiger partial charge in [0.25, 0.3) is 11.6 Å².